The summed E-state index contributed by atoms with van der Waals surface area (Å²) in [7, 11) is -3.95. The quantitative estimate of drug-likeness (QED) is 0.651. The van der Waals surface area contributed by atoms with Crippen LogP contribution >= 0.6 is 11.6 Å². The summed E-state index contributed by atoms with van der Waals surface area (Å²) < 4.78 is 28.0. The number of benzene rings is 3. The number of halogens is 1. The van der Waals surface area contributed by atoms with Crippen molar-refractivity contribution in [2.75, 3.05) is 10.0 Å². The number of carbonyl (C=O) groups excluding carboxylic acids is 1. The molecule has 7 heteroatoms. The lowest BCUT2D eigenvalue weighted by atomic mass is 10.2. The minimum Gasteiger partial charge on any atom is -0.322 e. The third-order valence-corrected chi connectivity index (χ3v) is 5.65. The molecular formula is C20H17ClN2O3S. The number of carbonyl (C=O) groups is 1. The standard InChI is InChI=1S/C20H17ClN2O3S/c1-14-6-5-9-17(12-14)23-27(25,26)19-13-15(10-11-18(19)21)20(24)22-16-7-3-2-4-8-16/h2-13,23H,1H3,(H,22,24). The Morgan fingerprint density at radius 1 is 0.889 bits per heavy atom. The average molecular weight is 401 g/mol. The summed E-state index contributed by atoms with van der Waals surface area (Å²) in [4.78, 5) is 12.3. The number of aryl methyl sites for hydroxylation is 1. The third kappa shape index (κ3) is 4.67. The van der Waals surface area contributed by atoms with Crippen molar-refractivity contribution in [3.63, 3.8) is 0 Å². The maximum Gasteiger partial charge on any atom is 0.263 e. The number of rotatable bonds is 5. The van der Waals surface area contributed by atoms with E-state index in [9.17, 15) is 13.2 Å². The SMILES string of the molecule is Cc1cccc(NS(=O)(=O)c2cc(C(=O)Nc3ccccc3)ccc2Cl)c1. The lowest BCUT2D eigenvalue weighted by Gasteiger charge is -2.12. The van der Waals surface area contributed by atoms with Gasteiger partial charge in [-0.2, -0.15) is 0 Å². The Kier molecular flexibility index (Phi) is 5.48. The smallest absolute Gasteiger partial charge is 0.263 e. The van der Waals surface area contributed by atoms with Crippen LogP contribution in [0.25, 0.3) is 0 Å². The Bertz CT molecular complexity index is 1080. The van der Waals surface area contributed by atoms with Gasteiger partial charge in [0.2, 0.25) is 0 Å². The monoisotopic (exact) mass is 400 g/mol. The molecule has 3 rings (SSSR count). The number of amides is 1. The second-order valence-corrected chi connectivity index (χ2v) is 8.00. The Morgan fingerprint density at radius 2 is 1.59 bits per heavy atom. The number of hydrogen-bond acceptors (Lipinski definition) is 3. The Hall–Kier alpha value is -2.83. The van der Waals surface area contributed by atoms with Gasteiger partial charge in [-0.1, -0.05) is 41.9 Å². The van der Waals surface area contributed by atoms with E-state index >= 15 is 0 Å². The maximum absolute atomic E-state index is 12.7. The predicted octanol–water partition coefficient (Wildman–Crippen LogP) is 4.70. The van der Waals surface area contributed by atoms with Gasteiger partial charge in [-0.05, 0) is 55.0 Å². The fourth-order valence-corrected chi connectivity index (χ4v) is 4.07. The molecular weight excluding hydrogens is 384 g/mol. The van der Waals surface area contributed by atoms with E-state index in [0.29, 0.717) is 11.4 Å². The Balaban J connectivity index is 1.89. The zero-order chi connectivity index (χ0) is 19.4. The molecule has 0 aromatic heterocycles. The fourth-order valence-electron chi connectivity index (χ4n) is 2.49. The van der Waals surface area contributed by atoms with Crippen molar-refractivity contribution in [2.24, 2.45) is 0 Å². The molecule has 3 aromatic carbocycles. The molecule has 0 fully saturated rings. The average Bonchev–Trinajstić information content (AvgIpc) is 2.62. The summed E-state index contributed by atoms with van der Waals surface area (Å²) >= 11 is 6.09. The number of para-hydroxylation sites is 1. The van der Waals surface area contributed by atoms with Crippen molar-refractivity contribution < 1.29 is 13.2 Å². The van der Waals surface area contributed by atoms with Crippen LogP contribution in [0.2, 0.25) is 5.02 Å². The molecule has 2 N–H and O–H groups in total. The van der Waals surface area contributed by atoms with Gasteiger partial charge in [-0.15, -0.1) is 0 Å². The van der Waals surface area contributed by atoms with E-state index in [0.717, 1.165) is 5.56 Å². The molecule has 0 aliphatic carbocycles. The van der Waals surface area contributed by atoms with Gasteiger partial charge in [-0.3, -0.25) is 9.52 Å². The van der Waals surface area contributed by atoms with Crippen LogP contribution in [0.4, 0.5) is 11.4 Å². The van der Waals surface area contributed by atoms with Crippen molar-refractivity contribution in [1.29, 1.82) is 0 Å². The van der Waals surface area contributed by atoms with E-state index in [-0.39, 0.29) is 15.5 Å². The van der Waals surface area contributed by atoms with Crippen LogP contribution < -0.4 is 10.0 Å². The fraction of sp³-hybridized carbons (Fsp3) is 0.0500. The summed E-state index contributed by atoms with van der Waals surface area (Å²) in [6, 6.07) is 20.0. The highest BCUT2D eigenvalue weighted by Gasteiger charge is 2.20. The van der Waals surface area contributed by atoms with Crippen molar-refractivity contribution >= 4 is 38.9 Å². The molecule has 0 saturated heterocycles. The second kappa shape index (κ2) is 7.82. The maximum atomic E-state index is 12.7. The van der Waals surface area contributed by atoms with Crippen molar-refractivity contribution in [3.8, 4) is 0 Å². The van der Waals surface area contributed by atoms with Crippen molar-refractivity contribution in [1.82, 2.24) is 0 Å². The van der Waals surface area contributed by atoms with Gasteiger partial charge in [0.15, 0.2) is 0 Å². The van der Waals surface area contributed by atoms with Crippen LogP contribution in [0.15, 0.2) is 77.7 Å². The molecule has 0 radical (unpaired) electrons. The first-order chi connectivity index (χ1) is 12.8. The molecule has 0 atom stereocenters. The van der Waals surface area contributed by atoms with Gasteiger partial charge in [0.25, 0.3) is 15.9 Å². The zero-order valence-corrected chi connectivity index (χ0v) is 16.0. The van der Waals surface area contributed by atoms with Gasteiger partial charge in [-0.25, -0.2) is 8.42 Å². The second-order valence-electron chi connectivity index (χ2n) is 5.94. The highest BCUT2D eigenvalue weighted by Crippen LogP contribution is 2.26. The molecule has 0 aliphatic rings. The first kappa shape index (κ1) is 18.9. The molecule has 0 saturated carbocycles. The van der Waals surface area contributed by atoms with E-state index in [1.807, 2.05) is 19.1 Å². The van der Waals surface area contributed by atoms with Crippen LogP contribution in [-0.4, -0.2) is 14.3 Å². The highest BCUT2D eigenvalue weighted by molar-refractivity contribution is 7.92. The van der Waals surface area contributed by atoms with E-state index in [2.05, 4.69) is 10.0 Å². The summed E-state index contributed by atoms with van der Waals surface area (Å²) in [5.74, 6) is -0.426. The van der Waals surface area contributed by atoms with E-state index < -0.39 is 15.9 Å². The van der Waals surface area contributed by atoms with E-state index in [4.69, 9.17) is 11.6 Å². The van der Waals surface area contributed by atoms with E-state index in [1.165, 1.54) is 18.2 Å². The minimum atomic E-state index is -3.95. The normalized spacial score (nSPS) is 11.0. The van der Waals surface area contributed by atoms with Crippen molar-refractivity contribution in [3.05, 3.63) is 88.9 Å². The van der Waals surface area contributed by atoms with Gasteiger partial charge in [0.1, 0.15) is 4.90 Å². The number of hydrogen-bond donors (Lipinski definition) is 2. The Morgan fingerprint density at radius 3 is 2.30 bits per heavy atom. The van der Waals surface area contributed by atoms with Crippen LogP contribution in [0, 0.1) is 6.92 Å². The summed E-state index contributed by atoms with van der Waals surface area (Å²) in [6.45, 7) is 1.86. The molecule has 0 heterocycles. The van der Waals surface area contributed by atoms with Gasteiger partial charge in [0.05, 0.1) is 5.02 Å². The number of nitrogens with one attached hydrogen (secondary N) is 2. The third-order valence-electron chi connectivity index (χ3n) is 3.78. The zero-order valence-electron chi connectivity index (χ0n) is 14.4. The van der Waals surface area contributed by atoms with Gasteiger partial charge < -0.3 is 5.32 Å². The van der Waals surface area contributed by atoms with Crippen molar-refractivity contribution in [2.45, 2.75) is 11.8 Å². The molecule has 5 nitrogen and oxygen atoms in total. The molecule has 0 spiro atoms. The largest absolute Gasteiger partial charge is 0.322 e. The first-order valence-corrected chi connectivity index (χ1v) is 9.97. The molecule has 0 unspecified atom stereocenters. The lowest BCUT2D eigenvalue weighted by Crippen LogP contribution is -2.16. The molecule has 138 valence electrons. The van der Waals surface area contributed by atoms with Crippen LogP contribution in [-0.2, 0) is 10.0 Å². The minimum absolute atomic E-state index is 0.0337. The summed E-state index contributed by atoms with van der Waals surface area (Å²) in [5, 5.41) is 2.75. The number of anilines is 2. The van der Waals surface area contributed by atoms with Crippen LogP contribution in [0.5, 0.6) is 0 Å². The van der Waals surface area contributed by atoms with Crippen LogP contribution in [0.1, 0.15) is 15.9 Å². The summed E-state index contributed by atoms with van der Waals surface area (Å²) in [6.07, 6.45) is 0. The van der Waals surface area contributed by atoms with Crippen LogP contribution in [0.3, 0.4) is 0 Å². The Labute approximate surface area is 163 Å². The molecule has 1 amide bonds. The number of sulfonamides is 1. The molecule has 27 heavy (non-hydrogen) atoms. The van der Waals surface area contributed by atoms with E-state index in [1.54, 1.807) is 42.5 Å². The predicted molar refractivity (Wildman–Crippen MR) is 108 cm³/mol. The molecule has 0 aliphatic heterocycles. The highest BCUT2D eigenvalue weighted by atomic mass is 35.5. The molecule has 3 aromatic rings. The van der Waals surface area contributed by atoms with Gasteiger partial charge in [0, 0.05) is 16.9 Å². The van der Waals surface area contributed by atoms with Gasteiger partial charge >= 0.3 is 0 Å². The lowest BCUT2D eigenvalue weighted by molar-refractivity contribution is 0.102. The molecule has 0 bridgehead atoms. The topological polar surface area (TPSA) is 75.3 Å². The summed E-state index contributed by atoms with van der Waals surface area (Å²) in [5.41, 5.74) is 2.13. The first-order valence-electron chi connectivity index (χ1n) is 8.10.